The molecule has 0 unspecified atom stereocenters. The molecule has 2 rings (SSSR count). The number of rotatable bonds is 2. The molecule has 2 nitrogen and oxygen atoms in total. The molecule has 3 heteroatoms. The van der Waals surface area contributed by atoms with Gasteiger partial charge in [0.2, 0.25) is 0 Å². The van der Waals surface area contributed by atoms with Gasteiger partial charge < -0.3 is 0 Å². The largest absolute Gasteiger partial charge is 0.298 e. The molecule has 15 heavy (non-hydrogen) atoms. The van der Waals surface area contributed by atoms with Crippen LogP contribution in [-0.4, -0.2) is 6.29 Å². The van der Waals surface area contributed by atoms with Crippen LogP contribution in [0.2, 0.25) is 0 Å². The van der Waals surface area contributed by atoms with E-state index in [4.69, 9.17) is 5.26 Å². The first-order chi connectivity index (χ1) is 7.36. The first-order valence-corrected chi connectivity index (χ1v) is 5.27. The third-order valence-electron chi connectivity index (χ3n) is 2.14. The fourth-order valence-electron chi connectivity index (χ4n) is 1.45. The molecule has 72 valence electrons. The summed E-state index contributed by atoms with van der Waals surface area (Å²) in [7, 11) is 0. The van der Waals surface area contributed by atoms with E-state index in [2.05, 4.69) is 6.07 Å². The van der Waals surface area contributed by atoms with Gasteiger partial charge in [-0.1, -0.05) is 24.3 Å². The van der Waals surface area contributed by atoms with Crippen LogP contribution in [0.3, 0.4) is 0 Å². The summed E-state index contributed by atoms with van der Waals surface area (Å²) in [5.74, 6) is 0. The number of carbonyl (C=O) groups excluding carboxylic acids is 1. The number of benzene rings is 1. The zero-order chi connectivity index (χ0) is 10.7. The van der Waals surface area contributed by atoms with Crippen LogP contribution in [0.5, 0.6) is 0 Å². The molecule has 0 aliphatic carbocycles. The SMILES string of the molecule is N#Cc1sccc1-c1ccccc1C=O. The average molecular weight is 213 g/mol. The second kappa shape index (κ2) is 4.07. The molecule has 0 aliphatic rings. The highest BCUT2D eigenvalue weighted by Crippen LogP contribution is 2.29. The van der Waals surface area contributed by atoms with Crippen molar-refractivity contribution in [3.63, 3.8) is 0 Å². The van der Waals surface area contributed by atoms with Crippen molar-refractivity contribution in [1.82, 2.24) is 0 Å². The Hall–Kier alpha value is -1.92. The highest BCUT2D eigenvalue weighted by atomic mass is 32.1. The van der Waals surface area contributed by atoms with Crippen LogP contribution >= 0.6 is 11.3 Å². The van der Waals surface area contributed by atoms with Crippen molar-refractivity contribution in [2.45, 2.75) is 0 Å². The Kier molecular flexibility index (Phi) is 2.61. The van der Waals surface area contributed by atoms with Crippen molar-refractivity contribution in [2.75, 3.05) is 0 Å². The minimum Gasteiger partial charge on any atom is -0.298 e. The summed E-state index contributed by atoms with van der Waals surface area (Å²) in [6.07, 6.45) is 0.814. The summed E-state index contributed by atoms with van der Waals surface area (Å²) in [6, 6.07) is 11.3. The molecule has 0 radical (unpaired) electrons. The summed E-state index contributed by atoms with van der Waals surface area (Å²) >= 11 is 1.39. The van der Waals surface area contributed by atoms with E-state index in [1.165, 1.54) is 11.3 Å². The molecule has 0 N–H and O–H groups in total. The van der Waals surface area contributed by atoms with Crippen LogP contribution < -0.4 is 0 Å². The van der Waals surface area contributed by atoms with E-state index >= 15 is 0 Å². The lowest BCUT2D eigenvalue weighted by Crippen LogP contribution is -1.86. The number of thiophene rings is 1. The predicted molar refractivity (Wildman–Crippen MR) is 59.9 cm³/mol. The molecule has 0 aliphatic heterocycles. The fourth-order valence-corrected chi connectivity index (χ4v) is 2.15. The van der Waals surface area contributed by atoms with E-state index in [0.29, 0.717) is 10.4 Å². The van der Waals surface area contributed by atoms with Gasteiger partial charge in [-0.3, -0.25) is 4.79 Å². The maximum atomic E-state index is 10.8. The Morgan fingerprint density at radius 2 is 2.00 bits per heavy atom. The maximum Gasteiger partial charge on any atom is 0.150 e. The van der Waals surface area contributed by atoms with Gasteiger partial charge in [0.05, 0.1) is 0 Å². The summed E-state index contributed by atoms with van der Waals surface area (Å²) in [5, 5.41) is 10.8. The van der Waals surface area contributed by atoms with E-state index in [1.54, 1.807) is 6.07 Å². The van der Waals surface area contributed by atoms with Gasteiger partial charge in [-0.05, 0) is 17.0 Å². The molecular formula is C12H7NOS. The van der Waals surface area contributed by atoms with Gasteiger partial charge in [0.25, 0.3) is 0 Å². The van der Waals surface area contributed by atoms with Crippen LogP contribution in [0.4, 0.5) is 0 Å². The zero-order valence-corrected chi connectivity index (χ0v) is 8.62. The van der Waals surface area contributed by atoms with Crippen molar-refractivity contribution >= 4 is 17.6 Å². The van der Waals surface area contributed by atoms with Crippen molar-refractivity contribution in [3.05, 3.63) is 46.2 Å². The smallest absolute Gasteiger partial charge is 0.150 e. The van der Waals surface area contributed by atoms with E-state index < -0.39 is 0 Å². The Bertz CT molecular complexity index is 537. The highest BCUT2D eigenvalue weighted by molar-refractivity contribution is 7.11. The summed E-state index contributed by atoms with van der Waals surface area (Å²) in [6.45, 7) is 0. The first-order valence-electron chi connectivity index (χ1n) is 4.39. The van der Waals surface area contributed by atoms with Crippen molar-refractivity contribution in [2.24, 2.45) is 0 Å². The van der Waals surface area contributed by atoms with Gasteiger partial charge in [-0.2, -0.15) is 5.26 Å². The average Bonchev–Trinajstić information content (AvgIpc) is 2.76. The molecule has 0 saturated carbocycles. The predicted octanol–water partition coefficient (Wildman–Crippen LogP) is 3.10. The standard InChI is InChI=1S/C12H7NOS/c13-7-12-11(5-6-15-12)10-4-2-1-3-9(10)8-14/h1-6,8H. The van der Waals surface area contributed by atoms with Crippen LogP contribution in [0.15, 0.2) is 35.7 Å². The van der Waals surface area contributed by atoms with Crippen LogP contribution in [0.1, 0.15) is 15.2 Å². The fraction of sp³-hybridized carbons (Fsp3) is 0. The second-order valence-corrected chi connectivity index (χ2v) is 3.90. The van der Waals surface area contributed by atoms with E-state index in [0.717, 1.165) is 17.4 Å². The van der Waals surface area contributed by atoms with Crippen LogP contribution in [0, 0.1) is 11.3 Å². The Balaban J connectivity index is 2.64. The minimum absolute atomic E-state index is 0.618. The van der Waals surface area contributed by atoms with E-state index in [-0.39, 0.29) is 0 Å². The van der Waals surface area contributed by atoms with Gasteiger partial charge >= 0.3 is 0 Å². The van der Waals surface area contributed by atoms with E-state index in [9.17, 15) is 4.79 Å². The summed E-state index contributed by atoms with van der Waals surface area (Å²) < 4.78 is 0. The number of nitriles is 1. The molecule has 0 atom stereocenters. The number of aldehydes is 1. The highest BCUT2D eigenvalue weighted by Gasteiger charge is 2.09. The van der Waals surface area contributed by atoms with Gasteiger partial charge in [-0.25, -0.2) is 0 Å². The van der Waals surface area contributed by atoms with Gasteiger partial charge in [0.1, 0.15) is 10.9 Å². The zero-order valence-electron chi connectivity index (χ0n) is 7.81. The number of hydrogen-bond acceptors (Lipinski definition) is 3. The second-order valence-electron chi connectivity index (χ2n) is 2.98. The maximum absolute atomic E-state index is 10.8. The molecule has 0 spiro atoms. The third-order valence-corrected chi connectivity index (χ3v) is 2.96. The lowest BCUT2D eigenvalue weighted by Gasteiger charge is -2.01. The lowest BCUT2D eigenvalue weighted by molar-refractivity contribution is 0.112. The number of hydrogen-bond donors (Lipinski definition) is 0. The molecule has 1 aromatic heterocycles. The third kappa shape index (κ3) is 1.67. The molecule has 0 fully saturated rings. The Morgan fingerprint density at radius 3 is 2.73 bits per heavy atom. The topological polar surface area (TPSA) is 40.9 Å². The molecule has 2 aromatic rings. The summed E-state index contributed by atoms with van der Waals surface area (Å²) in [5.41, 5.74) is 2.28. The minimum atomic E-state index is 0.618. The molecule has 1 aromatic carbocycles. The van der Waals surface area contributed by atoms with Gasteiger partial charge in [0.15, 0.2) is 6.29 Å². The molecule has 1 heterocycles. The Morgan fingerprint density at radius 1 is 1.20 bits per heavy atom. The van der Waals surface area contributed by atoms with Crippen LogP contribution in [-0.2, 0) is 0 Å². The summed E-state index contributed by atoms with van der Waals surface area (Å²) in [4.78, 5) is 11.5. The van der Waals surface area contributed by atoms with Crippen molar-refractivity contribution in [1.29, 1.82) is 5.26 Å². The van der Waals surface area contributed by atoms with Crippen molar-refractivity contribution in [3.8, 4) is 17.2 Å². The molecular weight excluding hydrogens is 206 g/mol. The molecule has 0 saturated heterocycles. The normalized spacial score (nSPS) is 9.53. The van der Waals surface area contributed by atoms with Gasteiger partial charge in [-0.15, -0.1) is 11.3 Å². The lowest BCUT2D eigenvalue weighted by atomic mass is 10.0. The molecule has 0 amide bonds. The van der Waals surface area contributed by atoms with Crippen LogP contribution in [0.25, 0.3) is 11.1 Å². The van der Waals surface area contributed by atoms with Gasteiger partial charge in [0, 0.05) is 11.1 Å². The number of carbonyl (C=O) groups is 1. The number of nitrogens with zero attached hydrogens (tertiary/aromatic N) is 1. The monoisotopic (exact) mass is 213 g/mol. The quantitative estimate of drug-likeness (QED) is 0.719. The Labute approximate surface area is 91.4 Å². The van der Waals surface area contributed by atoms with E-state index in [1.807, 2.05) is 29.6 Å². The molecule has 0 bridgehead atoms. The first kappa shape index (κ1) is 9.63. The van der Waals surface area contributed by atoms with Crippen molar-refractivity contribution < 1.29 is 4.79 Å².